The summed E-state index contributed by atoms with van der Waals surface area (Å²) in [5.41, 5.74) is 0.325. The third kappa shape index (κ3) is 6.78. The van der Waals surface area contributed by atoms with E-state index < -0.39 is 0 Å². The summed E-state index contributed by atoms with van der Waals surface area (Å²) < 4.78 is 0. The summed E-state index contributed by atoms with van der Waals surface area (Å²) in [6, 6.07) is 0. The number of nitrogens with one attached hydrogen (secondary N) is 1. The Bertz CT molecular complexity index is 263. The Labute approximate surface area is 128 Å². The zero-order chi connectivity index (χ0) is 12.9. The molecular formula is C13H28IN3O. The number of nitrogens with zero attached hydrogens (tertiary/aromatic N) is 2. The van der Waals surface area contributed by atoms with Crippen LogP contribution < -0.4 is 5.32 Å². The second-order valence-corrected chi connectivity index (χ2v) is 5.93. The average molecular weight is 369 g/mol. The van der Waals surface area contributed by atoms with Gasteiger partial charge in [-0.25, -0.2) is 0 Å². The van der Waals surface area contributed by atoms with E-state index in [1.807, 2.05) is 0 Å². The van der Waals surface area contributed by atoms with Gasteiger partial charge in [0.1, 0.15) is 0 Å². The maximum absolute atomic E-state index is 9.55. The lowest BCUT2D eigenvalue weighted by atomic mass is 9.92. The molecule has 108 valence electrons. The van der Waals surface area contributed by atoms with Gasteiger partial charge in [0.05, 0.1) is 6.10 Å². The molecule has 0 bridgehead atoms. The van der Waals surface area contributed by atoms with E-state index in [2.05, 4.69) is 42.9 Å². The number of rotatable bonds is 3. The lowest BCUT2D eigenvalue weighted by Gasteiger charge is -2.22. The average Bonchev–Trinajstić information content (AvgIpc) is 2.62. The molecule has 1 fully saturated rings. The Morgan fingerprint density at radius 1 is 1.44 bits per heavy atom. The summed E-state index contributed by atoms with van der Waals surface area (Å²) in [6.45, 7) is 12.1. The number of hydrogen-bond donors (Lipinski definition) is 2. The Balaban J connectivity index is 0.00000289. The number of hydrogen-bond acceptors (Lipinski definition) is 2. The topological polar surface area (TPSA) is 47.9 Å². The van der Waals surface area contributed by atoms with Crippen LogP contribution in [0.25, 0.3) is 0 Å². The second kappa shape index (κ2) is 8.19. The Morgan fingerprint density at radius 2 is 2.11 bits per heavy atom. The molecule has 1 heterocycles. The molecule has 0 radical (unpaired) electrons. The SMILES string of the molecule is CCNC(=NCCC(C)(C)C)N1CC[C@@H](O)C1.I. The second-order valence-electron chi connectivity index (χ2n) is 5.93. The van der Waals surface area contributed by atoms with Crippen molar-refractivity contribution in [3.05, 3.63) is 0 Å². The Hall–Kier alpha value is -0.0400. The fourth-order valence-electron chi connectivity index (χ4n) is 1.86. The minimum Gasteiger partial charge on any atom is -0.391 e. The molecular weight excluding hydrogens is 341 g/mol. The summed E-state index contributed by atoms with van der Waals surface area (Å²) in [4.78, 5) is 6.79. The van der Waals surface area contributed by atoms with Crippen LogP contribution in [0.3, 0.4) is 0 Å². The predicted molar refractivity (Wildman–Crippen MR) is 87.7 cm³/mol. The van der Waals surface area contributed by atoms with Crippen LogP contribution in [0.15, 0.2) is 4.99 Å². The van der Waals surface area contributed by atoms with Crippen LogP contribution in [-0.2, 0) is 0 Å². The predicted octanol–water partition coefficient (Wildman–Crippen LogP) is 2.07. The first kappa shape index (κ1) is 18.0. The number of aliphatic imine (C=N–C) groups is 1. The largest absolute Gasteiger partial charge is 0.391 e. The lowest BCUT2D eigenvalue weighted by Crippen LogP contribution is -2.40. The number of aliphatic hydroxyl groups is 1. The Morgan fingerprint density at radius 3 is 2.56 bits per heavy atom. The summed E-state index contributed by atoms with van der Waals surface area (Å²) >= 11 is 0. The Kier molecular flexibility index (Phi) is 8.18. The van der Waals surface area contributed by atoms with Crippen molar-refractivity contribution in [1.29, 1.82) is 0 Å². The standard InChI is InChI=1S/C13H27N3O.HI/c1-5-14-12(15-8-7-13(2,3)4)16-9-6-11(17)10-16;/h11,17H,5-10H2,1-4H3,(H,14,15);1H/t11-;/m1./s1. The van der Waals surface area contributed by atoms with E-state index in [1.54, 1.807) is 0 Å². The lowest BCUT2D eigenvalue weighted by molar-refractivity contribution is 0.187. The maximum atomic E-state index is 9.55. The molecule has 5 heteroatoms. The van der Waals surface area contributed by atoms with Gasteiger partial charge in [-0.15, -0.1) is 24.0 Å². The van der Waals surface area contributed by atoms with Gasteiger partial charge in [-0.1, -0.05) is 20.8 Å². The van der Waals surface area contributed by atoms with Crippen molar-refractivity contribution in [3.8, 4) is 0 Å². The van der Waals surface area contributed by atoms with Crippen LogP contribution in [-0.4, -0.2) is 48.2 Å². The quantitative estimate of drug-likeness (QED) is 0.455. The molecule has 1 saturated heterocycles. The van der Waals surface area contributed by atoms with Gasteiger partial charge in [-0.2, -0.15) is 0 Å². The maximum Gasteiger partial charge on any atom is 0.194 e. The van der Waals surface area contributed by atoms with Gasteiger partial charge in [-0.3, -0.25) is 4.99 Å². The highest BCUT2D eigenvalue weighted by atomic mass is 127. The third-order valence-corrected chi connectivity index (χ3v) is 2.92. The molecule has 0 aromatic carbocycles. The van der Waals surface area contributed by atoms with Crippen molar-refractivity contribution in [1.82, 2.24) is 10.2 Å². The molecule has 1 aliphatic rings. The van der Waals surface area contributed by atoms with Crippen molar-refractivity contribution in [3.63, 3.8) is 0 Å². The van der Waals surface area contributed by atoms with Gasteiger partial charge < -0.3 is 15.3 Å². The van der Waals surface area contributed by atoms with Crippen molar-refractivity contribution < 1.29 is 5.11 Å². The highest BCUT2D eigenvalue weighted by molar-refractivity contribution is 14.0. The first-order valence-corrected chi connectivity index (χ1v) is 6.63. The normalized spacial score (nSPS) is 20.8. The molecule has 1 atom stereocenters. The van der Waals surface area contributed by atoms with Crippen LogP contribution in [0, 0.1) is 5.41 Å². The van der Waals surface area contributed by atoms with Crippen LogP contribution in [0.1, 0.15) is 40.5 Å². The highest BCUT2D eigenvalue weighted by Crippen LogP contribution is 2.18. The fourth-order valence-corrected chi connectivity index (χ4v) is 1.86. The van der Waals surface area contributed by atoms with Gasteiger partial charge >= 0.3 is 0 Å². The number of halogens is 1. The molecule has 0 unspecified atom stereocenters. The van der Waals surface area contributed by atoms with E-state index in [0.29, 0.717) is 12.0 Å². The van der Waals surface area contributed by atoms with Crippen molar-refractivity contribution >= 4 is 29.9 Å². The summed E-state index contributed by atoms with van der Waals surface area (Å²) in [5.74, 6) is 0.952. The van der Waals surface area contributed by atoms with Gasteiger partial charge in [0.25, 0.3) is 0 Å². The first-order chi connectivity index (χ1) is 7.92. The van der Waals surface area contributed by atoms with Crippen LogP contribution in [0.4, 0.5) is 0 Å². The molecule has 0 aliphatic carbocycles. The van der Waals surface area contributed by atoms with Gasteiger partial charge in [0.2, 0.25) is 0 Å². The molecule has 1 rings (SSSR count). The molecule has 0 amide bonds. The van der Waals surface area contributed by atoms with E-state index in [0.717, 1.165) is 38.4 Å². The van der Waals surface area contributed by atoms with E-state index in [-0.39, 0.29) is 30.1 Å². The number of aliphatic hydroxyl groups excluding tert-OH is 1. The summed E-state index contributed by atoms with van der Waals surface area (Å²) in [6.07, 6.45) is 1.74. The summed E-state index contributed by atoms with van der Waals surface area (Å²) in [5, 5.41) is 12.8. The summed E-state index contributed by atoms with van der Waals surface area (Å²) in [7, 11) is 0. The van der Waals surface area contributed by atoms with Gasteiger partial charge in [-0.05, 0) is 25.2 Å². The number of β-amino-alcohol motifs (C(OH)–C–C–N with tert-alkyl or cyclic N) is 1. The van der Waals surface area contributed by atoms with Gasteiger partial charge in [0, 0.05) is 26.2 Å². The van der Waals surface area contributed by atoms with Gasteiger partial charge in [0.15, 0.2) is 5.96 Å². The smallest absolute Gasteiger partial charge is 0.194 e. The third-order valence-electron chi connectivity index (χ3n) is 2.92. The van der Waals surface area contributed by atoms with Crippen molar-refractivity contribution in [2.45, 2.75) is 46.6 Å². The van der Waals surface area contributed by atoms with E-state index >= 15 is 0 Å². The number of likely N-dealkylation sites (tertiary alicyclic amines) is 1. The van der Waals surface area contributed by atoms with E-state index in [4.69, 9.17) is 0 Å². The van der Waals surface area contributed by atoms with Crippen LogP contribution in [0.2, 0.25) is 0 Å². The van der Waals surface area contributed by atoms with Crippen LogP contribution >= 0.6 is 24.0 Å². The first-order valence-electron chi connectivity index (χ1n) is 6.63. The van der Waals surface area contributed by atoms with Crippen molar-refractivity contribution in [2.75, 3.05) is 26.2 Å². The molecule has 4 nitrogen and oxygen atoms in total. The zero-order valence-corrected chi connectivity index (χ0v) is 14.4. The minimum absolute atomic E-state index is 0. The molecule has 0 aromatic heterocycles. The van der Waals surface area contributed by atoms with E-state index in [9.17, 15) is 5.11 Å². The molecule has 0 spiro atoms. The van der Waals surface area contributed by atoms with Crippen LogP contribution in [0.5, 0.6) is 0 Å². The fraction of sp³-hybridized carbons (Fsp3) is 0.923. The monoisotopic (exact) mass is 369 g/mol. The highest BCUT2D eigenvalue weighted by Gasteiger charge is 2.22. The molecule has 0 aromatic rings. The molecule has 2 N–H and O–H groups in total. The molecule has 0 saturated carbocycles. The molecule has 18 heavy (non-hydrogen) atoms. The zero-order valence-electron chi connectivity index (χ0n) is 12.1. The minimum atomic E-state index is -0.193. The van der Waals surface area contributed by atoms with Crippen molar-refractivity contribution in [2.24, 2.45) is 10.4 Å². The molecule has 1 aliphatic heterocycles. The van der Waals surface area contributed by atoms with E-state index in [1.165, 1.54) is 0 Å². The number of guanidine groups is 1.